The number of ether oxygens (including phenoxy) is 1. The maximum absolute atomic E-state index is 12.9. The molecule has 1 N–H and O–H groups in total. The molecular weight excluding hydrogens is 394 g/mol. The summed E-state index contributed by atoms with van der Waals surface area (Å²) in [4.78, 5) is 21.4. The van der Waals surface area contributed by atoms with E-state index in [9.17, 15) is 4.79 Å². The molecule has 5 rings (SSSR count). The van der Waals surface area contributed by atoms with Crippen molar-refractivity contribution in [1.29, 1.82) is 0 Å². The number of aromatic nitrogens is 1. The zero-order valence-electron chi connectivity index (χ0n) is 17.1. The molecule has 0 spiro atoms. The van der Waals surface area contributed by atoms with Gasteiger partial charge in [-0.3, -0.25) is 9.69 Å². The second-order valence-corrected chi connectivity index (χ2v) is 8.92. The van der Waals surface area contributed by atoms with Gasteiger partial charge in [-0.25, -0.2) is 0 Å². The van der Waals surface area contributed by atoms with Gasteiger partial charge in [0.1, 0.15) is 12.4 Å². The lowest BCUT2D eigenvalue weighted by Crippen LogP contribution is -2.49. The fourth-order valence-corrected chi connectivity index (χ4v) is 5.09. The number of thiophene rings is 1. The van der Waals surface area contributed by atoms with Crippen LogP contribution in [0.15, 0.2) is 54.6 Å². The maximum atomic E-state index is 12.9. The third-order valence-electron chi connectivity index (χ3n) is 5.70. The van der Waals surface area contributed by atoms with Gasteiger partial charge in [0.15, 0.2) is 0 Å². The molecule has 0 aliphatic carbocycles. The van der Waals surface area contributed by atoms with Gasteiger partial charge in [-0.15, -0.1) is 11.3 Å². The molecule has 4 aromatic rings. The summed E-state index contributed by atoms with van der Waals surface area (Å²) in [5.41, 5.74) is 2.30. The Hall–Kier alpha value is -2.83. The number of carbonyl (C=O) groups excluding carboxylic acids is 1. The zero-order chi connectivity index (χ0) is 20.5. The molecule has 1 saturated heterocycles. The van der Waals surface area contributed by atoms with Gasteiger partial charge in [-0.05, 0) is 48.7 Å². The molecular formula is C24H25N3O2S. The fourth-order valence-electron chi connectivity index (χ4n) is 4.06. The van der Waals surface area contributed by atoms with Crippen LogP contribution in [0.4, 0.5) is 0 Å². The molecule has 2 aromatic carbocycles. The number of piperazine rings is 1. The Balaban J connectivity index is 1.11. The minimum atomic E-state index is 0.155. The van der Waals surface area contributed by atoms with E-state index in [-0.39, 0.29) is 5.91 Å². The van der Waals surface area contributed by atoms with Gasteiger partial charge < -0.3 is 14.6 Å². The SMILES string of the molecule is Cc1cc2cc(OCCN3CCN(C(=O)c4cc5ccccc5s4)CC3)ccc2[nH]1. The highest BCUT2D eigenvalue weighted by Crippen LogP contribution is 2.26. The van der Waals surface area contributed by atoms with Gasteiger partial charge in [-0.1, -0.05) is 18.2 Å². The number of nitrogens with one attached hydrogen (secondary N) is 1. The van der Waals surface area contributed by atoms with E-state index < -0.39 is 0 Å². The van der Waals surface area contributed by atoms with Crippen molar-refractivity contribution in [3.05, 3.63) is 65.2 Å². The number of fused-ring (bicyclic) bond motifs is 2. The Kier molecular flexibility index (Phi) is 5.19. The Morgan fingerprint density at radius 2 is 1.87 bits per heavy atom. The van der Waals surface area contributed by atoms with E-state index in [1.807, 2.05) is 29.2 Å². The van der Waals surface area contributed by atoms with Crippen LogP contribution in [0.2, 0.25) is 0 Å². The first-order chi connectivity index (χ1) is 14.7. The quantitative estimate of drug-likeness (QED) is 0.517. The first-order valence-electron chi connectivity index (χ1n) is 10.4. The van der Waals surface area contributed by atoms with Crippen LogP contribution in [0, 0.1) is 6.92 Å². The van der Waals surface area contributed by atoms with Crippen molar-refractivity contribution < 1.29 is 9.53 Å². The van der Waals surface area contributed by atoms with Crippen LogP contribution in [0.3, 0.4) is 0 Å². The summed E-state index contributed by atoms with van der Waals surface area (Å²) in [6.07, 6.45) is 0. The smallest absolute Gasteiger partial charge is 0.264 e. The highest BCUT2D eigenvalue weighted by atomic mass is 32.1. The largest absolute Gasteiger partial charge is 0.492 e. The van der Waals surface area contributed by atoms with Crippen molar-refractivity contribution in [1.82, 2.24) is 14.8 Å². The normalized spacial score (nSPS) is 15.2. The number of aryl methyl sites for hydroxylation is 1. The number of carbonyl (C=O) groups is 1. The Bertz CT molecular complexity index is 1150. The van der Waals surface area contributed by atoms with Gasteiger partial charge >= 0.3 is 0 Å². The molecule has 0 unspecified atom stereocenters. The summed E-state index contributed by atoms with van der Waals surface area (Å²) < 4.78 is 7.14. The monoisotopic (exact) mass is 419 g/mol. The number of nitrogens with zero attached hydrogens (tertiary/aromatic N) is 2. The highest BCUT2D eigenvalue weighted by molar-refractivity contribution is 7.20. The Morgan fingerprint density at radius 1 is 1.03 bits per heavy atom. The molecule has 0 atom stereocenters. The summed E-state index contributed by atoms with van der Waals surface area (Å²) in [5, 5.41) is 2.33. The van der Waals surface area contributed by atoms with Gasteiger partial charge in [0.25, 0.3) is 5.91 Å². The minimum Gasteiger partial charge on any atom is -0.492 e. The average Bonchev–Trinajstić information content (AvgIpc) is 3.36. The molecule has 0 radical (unpaired) electrons. The summed E-state index contributed by atoms with van der Waals surface area (Å²) in [5.74, 6) is 1.06. The van der Waals surface area contributed by atoms with Gasteiger partial charge in [0, 0.05) is 54.0 Å². The third kappa shape index (κ3) is 3.93. The second kappa shape index (κ2) is 8.13. The van der Waals surface area contributed by atoms with E-state index >= 15 is 0 Å². The first-order valence-corrected chi connectivity index (χ1v) is 11.2. The van der Waals surface area contributed by atoms with Crippen molar-refractivity contribution in [2.75, 3.05) is 39.3 Å². The van der Waals surface area contributed by atoms with Crippen molar-refractivity contribution in [3.8, 4) is 5.75 Å². The predicted molar refractivity (Wildman–Crippen MR) is 123 cm³/mol. The highest BCUT2D eigenvalue weighted by Gasteiger charge is 2.23. The van der Waals surface area contributed by atoms with Crippen molar-refractivity contribution in [3.63, 3.8) is 0 Å². The van der Waals surface area contributed by atoms with E-state index in [4.69, 9.17) is 4.74 Å². The molecule has 2 aromatic heterocycles. The number of amides is 1. The van der Waals surface area contributed by atoms with Crippen LogP contribution in [-0.2, 0) is 0 Å². The molecule has 0 bridgehead atoms. The molecule has 3 heterocycles. The summed E-state index contributed by atoms with van der Waals surface area (Å²) in [7, 11) is 0. The summed E-state index contributed by atoms with van der Waals surface area (Å²) in [6.45, 7) is 6.88. The molecule has 1 fully saturated rings. The van der Waals surface area contributed by atoms with Crippen LogP contribution >= 0.6 is 11.3 Å². The molecule has 6 heteroatoms. The number of hydrogen-bond acceptors (Lipinski definition) is 4. The molecule has 1 amide bonds. The molecule has 1 aliphatic heterocycles. The molecule has 154 valence electrons. The van der Waals surface area contributed by atoms with E-state index in [2.05, 4.69) is 47.1 Å². The lowest BCUT2D eigenvalue weighted by Gasteiger charge is -2.34. The van der Waals surface area contributed by atoms with E-state index in [1.165, 1.54) is 10.1 Å². The van der Waals surface area contributed by atoms with Gasteiger partial charge in [-0.2, -0.15) is 0 Å². The molecule has 5 nitrogen and oxygen atoms in total. The Labute approximate surface area is 179 Å². The number of H-pyrrole nitrogens is 1. The van der Waals surface area contributed by atoms with Crippen LogP contribution in [0.25, 0.3) is 21.0 Å². The van der Waals surface area contributed by atoms with Crippen LogP contribution in [-0.4, -0.2) is 60.0 Å². The lowest BCUT2D eigenvalue weighted by atomic mass is 10.2. The maximum Gasteiger partial charge on any atom is 0.264 e. The van der Waals surface area contributed by atoms with Gasteiger partial charge in [0.2, 0.25) is 0 Å². The fraction of sp³-hybridized carbons (Fsp3) is 0.292. The van der Waals surface area contributed by atoms with Crippen LogP contribution in [0.1, 0.15) is 15.4 Å². The van der Waals surface area contributed by atoms with E-state index in [1.54, 1.807) is 11.3 Å². The first kappa shape index (κ1) is 19.2. The standard InChI is InChI=1S/C24H25N3O2S/c1-17-14-19-15-20(6-7-21(19)25-17)29-13-12-26-8-10-27(11-9-26)24(28)23-16-18-4-2-3-5-22(18)30-23/h2-7,14-16,25H,8-13H2,1H3. The number of benzene rings is 2. The topological polar surface area (TPSA) is 48.6 Å². The van der Waals surface area contributed by atoms with Crippen molar-refractivity contribution in [2.24, 2.45) is 0 Å². The number of aromatic amines is 1. The zero-order valence-corrected chi connectivity index (χ0v) is 17.9. The summed E-state index contributed by atoms with van der Waals surface area (Å²) in [6, 6.07) is 18.5. The predicted octanol–water partition coefficient (Wildman–Crippen LogP) is 4.53. The third-order valence-corrected chi connectivity index (χ3v) is 6.80. The van der Waals surface area contributed by atoms with Crippen molar-refractivity contribution >= 4 is 38.2 Å². The molecule has 1 aliphatic rings. The number of hydrogen-bond donors (Lipinski definition) is 1. The second-order valence-electron chi connectivity index (χ2n) is 7.83. The Morgan fingerprint density at radius 3 is 2.70 bits per heavy atom. The molecule has 0 saturated carbocycles. The van der Waals surface area contributed by atoms with Gasteiger partial charge in [0.05, 0.1) is 4.88 Å². The van der Waals surface area contributed by atoms with Crippen molar-refractivity contribution in [2.45, 2.75) is 6.92 Å². The van der Waals surface area contributed by atoms with E-state index in [0.29, 0.717) is 6.61 Å². The summed E-state index contributed by atoms with van der Waals surface area (Å²) >= 11 is 1.59. The lowest BCUT2D eigenvalue weighted by molar-refractivity contribution is 0.0625. The van der Waals surface area contributed by atoms with Crippen LogP contribution < -0.4 is 4.74 Å². The average molecular weight is 420 g/mol. The number of rotatable bonds is 5. The molecule has 30 heavy (non-hydrogen) atoms. The van der Waals surface area contributed by atoms with E-state index in [0.717, 1.165) is 59.9 Å². The minimum absolute atomic E-state index is 0.155. The van der Waals surface area contributed by atoms with Crippen LogP contribution in [0.5, 0.6) is 5.75 Å².